The Morgan fingerprint density at radius 2 is 2.00 bits per heavy atom. The quantitative estimate of drug-likeness (QED) is 0.850. The predicted molar refractivity (Wildman–Crippen MR) is 73.9 cm³/mol. The number of hydrogen-bond donors (Lipinski definition) is 1. The van der Waals surface area contributed by atoms with Gasteiger partial charge in [0.1, 0.15) is 22.5 Å². The maximum Gasteiger partial charge on any atom is 0.145 e. The molecule has 0 aliphatic rings. The molecular formula is C13H18N2O3S. The Hall–Kier alpha value is -1.40. The molecule has 0 fully saturated rings. The number of nitrogens with zero attached hydrogens (tertiary/aromatic N) is 2. The van der Waals surface area contributed by atoms with Crippen LogP contribution in [0.4, 0.5) is 0 Å². The first-order chi connectivity index (χ1) is 8.99. The zero-order valence-corrected chi connectivity index (χ0v) is 12.1. The van der Waals surface area contributed by atoms with Gasteiger partial charge < -0.3 is 9.14 Å². The molecule has 0 N–H and O–H groups in total. The van der Waals surface area contributed by atoms with Gasteiger partial charge in [-0.3, -0.25) is 0 Å². The van der Waals surface area contributed by atoms with E-state index in [4.69, 9.17) is 4.74 Å². The third kappa shape index (κ3) is 3.13. The number of fused-ring (bicyclic) bond motifs is 1. The lowest BCUT2D eigenvalue weighted by molar-refractivity contribution is 0.00483. The molecule has 0 aromatic carbocycles. The SMILES string of the molecule is CC(C)O[C@H](c1cn2ccccc2n1)[C@@H](C)[SH](=O)=O. The van der Waals surface area contributed by atoms with Gasteiger partial charge in [-0.2, -0.15) is 0 Å². The van der Waals surface area contributed by atoms with E-state index in [2.05, 4.69) is 4.98 Å². The molecule has 0 unspecified atom stereocenters. The fourth-order valence-corrected chi connectivity index (χ4v) is 2.37. The van der Waals surface area contributed by atoms with E-state index in [9.17, 15) is 8.42 Å². The van der Waals surface area contributed by atoms with Gasteiger partial charge in [-0.25, -0.2) is 13.4 Å². The highest BCUT2D eigenvalue weighted by atomic mass is 32.2. The van der Waals surface area contributed by atoms with Crippen LogP contribution in [-0.4, -0.2) is 29.2 Å². The van der Waals surface area contributed by atoms with Crippen molar-refractivity contribution in [2.45, 2.75) is 38.2 Å². The van der Waals surface area contributed by atoms with Crippen molar-refractivity contribution in [3.63, 3.8) is 0 Å². The first-order valence-corrected chi connectivity index (χ1v) is 7.46. The molecule has 0 spiro atoms. The van der Waals surface area contributed by atoms with Crippen LogP contribution < -0.4 is 0 Å². The molecular weight excluding hydrogens is 264 g/mol. The minimum absolute atomic E-state index is 0.0628. The van der Waals surface area contributed by atoms with Gasteiger partial charge in [-0.15, -0.1) is 0 Å². The molecule has 0 amide bonds. The van der Waals surface area contributed by atoms with Crippen molar-refractivity contribution in [2.75, 3.05) is 0 Å². The molecule has 2 rings (SSSR count). The van der Waals surface area contributed by atoms with E-state index >= 15 is 0 Å². The standard InChI is InChI=1S/C13H18N2O3S/c1-9(2)18-13(10(3)19(16)17)11-8-15-7-5-4-6-12(15)14-11/h4-10,13,19H,1-3H3/t10-,13+/m1/s1. The van der Waals surface area contributed by atoms with Crippen molar-refractivity contribution in [1.82, 2.24) is 9.38 Å². The van der Waals surface area contributed by atoms with Crippen molar-refractivity contribution in [1.29, 1.82) is 0 Å². The van der Waals surface area contributed by atoms with E-state index in [-0.39, 0.29) is 6.10 Å². The molecule has 6 heteroatoms. The van der Waals surface area contributed by atoms with Crippen molar-refractivity contribution < 1.29 is 13.2 Å². The van der Waals surface area contributed by atoms with Gasteiger partial charge in [0.25, 0.3) is 0 Å². The fraction of sp³-hybridized carbons (Fsp3) is 0.462. The molecule has 2 heterocycles. The fourth-order valence-electron chi connectivity index (χ4n) is 1.93. The third-order valence-corrected chi connectivity index (χ3v) is 3.80. The van der Waals surface area contributed by atoms with Crippen LogP contribution in [0, 0.1) is 0 Å². The lowest BCUT2D eigenvalue weighted by Gasteiger charge is -2.21. The summed E-state index contributed by atoms with van der Waals surface area (Å²) < 4.78 is 30.1. The highest BCUT2D eigenvalue weighted by Crippen LogP contribution is 2.24. The average Bonchev–Trinajstić information content (AvgIpc) is 2.78. The predicted octanol–water partition coefficient (Wildman–Crippen LogP) is 1.80. The first kappa shape index (κ1) is 14.0. The normalized spacial score (nSPS) is 15.2. The Morgan fingerprint density at radius 3 is 2.58 bits per heavy atom. The number of thiol groups is 1. The van der Waals surface area contributed by atoms with Gasteiger partial charge in [-0.05, 0) is 32.9 Å². The summed E-state index contributed by atoms with van der Waals surface area (Å²) in [5.74, 6) is 0. The summed E-state index contributed by atoms with van der Waals surface area (Å²) >= 11 is 0. The Bertz CT molecular complexity index is 593. The number of aromatic nitrogens is 2. The monoisotopic (exact) mass is 282 g/mol. The van der Waals surface area contributed by atoms with Crippen molar-refractivity contribution in [3.05, 3.63) is 36.3 Å². The average molecular weight is 282 g/mol. The number of ether oxygens (including phenoxy) is 1. The Labute approximate surface area is 114 Å². The lowest BCUT2D eigenvalue weighted by atomic mass is 10.2. The summed E-state index contributed by atoms with van der Waals surface area (Å²) in [6, 6.07) is 5.66. The van der Waals surface area contributed by atoms with E-state index < -0.39 is 22.1 Å². The molecule has 2 atom stereocenters. The Balaban J connectivity index is 2.41. The van der Waals surface area contributed by atoms with Gasteiger partial charge in [-0.1, -0.05) is 6.07 Å². The minimum Gasteiger partial charge on any atom is -0.368 e. The summed E-state index contributed by atoms with van der Waals surface area (Å²) in [5.41, 5.74) is 1.43. The highest BCUT2D eigenvalue weighted by Gasteiger charge is 2.26. The molecule has 2 aromatic heterocycles. The van der Waals surface area contributed by atoms with Gasteiger partial charge in [0.2, 0.25) is 0 Å². The van der Waals surface area contributed by atoms with Crippen molar-refractivity contribution in [2.24, 2.45) is 0 Å². The summed E-state index contributed by atoms with van der Waals surface area (Å²) in [5, 5.41) is -0.609. The van der Waals surface area contributed by atoms with Crippen LogP contribution in [-0.2, 0) is 15.4 Å². The molecule has 5 nitrogen and oxygen atoms in total. The zero-order chi connectivity index (χ0) is 14.0. The van der Waals surface area contributed by atoms with Crippen LogP contribution in [0.25, 0.3) is 5.65 Å². The van der Waals surface area contributed by atoms with E-state index in [1.54, 1.807) is 6.92 Å². The van der Waals surface area contributed by atoms with Crippen LogP contribution in [0.1, 0.15) is 32.6 Å². The summed E-state index contributed by atoms with van der Waals surface area (Å²) in [6.45, 7) is 5.41. The molecule has 0 bridgehead atoms. The van der Waals surface area contributed by atoms with Crippen LogP contribution >= 0.6 is 0 Å². The maximum atomic E-state index is 11.2. The molecule has 19 heavy (non-hydrogen) atoms. The summed E-state index contributed by atoms with van der Waals surface area (Å²) in [6.07, 6.45) is 3.09. The largest absolute Gasteiger partial charge is 0.368 e. The van der Waals surface area contributed by atoms with E-state index in [1.165, 1.54) is 0 Å². The molecule has 2 aromatic rings. The second kappa shape index (κ2) is 5.71. The van der Waals surface area contributed by atoms with Gasteiger partial charge in [0.15, 0.2) is 0 Å². The number of imidazole rings is 1. The second-order valence-electron chi connectivity index (χ2n) is 4.76. The lowest BCUT2D eigenvalue weighted by Crippen LogP contribution is -2.23. The van der Waals surface area contributed by atoms with E-state index in [0.717, 1.165) is 5.65 Å². The van der Waals surface area contributed by atoms with E-state index in [1.807, 2.05) is 48.8 Å². The molecule has 0 saturated heterocycles. The van der Waals surface area contributed by atoms with Gasteiger partial charge >= 0.3 is 0 Å². The van der Waals surface area contributed by atoms with Crippen LogP contribution in [0.2, 0.25) is 0 Å². The molecule has 0 aliphatic heterocycles. The van der Waals surface area contributed by atoms with Crippen LogP contribution in [0.15, 0.2) is 30.6 Å². The third-order valence-electron chi connectivity index (χ3n) is 2.86. The zero-order valence-electron chi connectivity index (χ0n) is 11.2. The topological polar surface area (TPSA) is 60.7 Å². The molecule has 0 aliphatic carbocycles. The number of hydrogen-bond acceptors (Lipinski definition) is 4. The van der Waals surface area contributed by atoms with E-state index in [0.29, 0.717) is 5.69 Å². The number of rotatable bonds is 5. The van der Waals surface area contributed by atoms with Crippen LogP contribution in [0.5, 0.6) is 0 Å². The van der Waals surface area contributed by atoms with Crippen molar-refractivity contribution >= 4 is 16.4 Å². The summed E-state index contributed by atoms with van der Waals surface area (Å²) in [4.78, 5) is 4.44. The second-order valence-corrected chi connectivity index (χ2v) is 6.15. The van der Waals surface area contributed by atoms with Gasteiger partial charge in [0, 0.05) is 12.4 Å². The van der Waals surface area contributed by atoms with Crippen LogP contribution in [0.3, 0.4) is 0 Å². The molecule has 0 radical (unpaired) electrons. The smallest absolute Gasteiger partial charge is 0.145 e. The Morgan fingerprint density at radius 1 is 1.26 bits per heavy atom. The molecule has 104 valence electrons. The maximum absolute atomic E-state index is 11.2. The first-order valence-electron chi connectivity index (χ1n) is 6.21. The number of pyridine rings is 1. The summed E-state index contributed by atoms with van der Waals surface area (Å²) in [7, 11) is -2.56. The minimum atomic E-state index is -2.56. The Kier molecular flexibility index (Phi) is 4.21. The highest BCUT2D eigenvalue weighted by molar-refractivity contribution is 7.73. The molecule has 0 saturated carbocycles. The van der Waals surface area contributed by atoms with Gasteiger partial charge in [0.05, 0.1) is 17.0 Å². The van der Waals surface area contributed by atoms with Crippen molar-refractivity contribution in [3.8, 4) is 0 Å².